The molecule has 0 saturated carbocycles. The zero-order valence-electron chi connectivity index (χ0n) is 16.5. The number of fused-ring (bicyclic) bond motifs is 3. The van der Waals surface area contributed by atoms with Gasteiger partial charge in [-0.3, -0.25) is 9.59 Å². The van der Waals surface area contributed by atoms with Crippen molar-refractivity contribution in [3.8, 4) is 28.4 Å². The van der Waals surface area contributed by atoms with Gasteiger partial charge < -0.3 is 24.1 Å². The summed E-state index contributed by atoms with van der Waals surface area (Å²) in [6, 6.07) is 5.68. The Bertz CT molecular complexity index is 967. The monoisotopic (exact) mass is 404 g/mol. The normalized spacial score (nSPS) is 14.1. The molecule has 1 N–H and O–H groups in total. The topological polar surface area (TPSA) is 91.3 Å². The Labute approximate surface area is 167 Å². The SMILES string of the molecule is COC(=O)C1(C(=O)OC)Cc2cc(F)c(O)cc2-c2cc(OC)c(OC)cc2C1. The fourth-order valence-corrected chi connectivity index (χ4v) is 3.79. The molecule has 7 nitrogen and oxygen atoms in total. The van der Waals surface area contributed by atoms with Gasteiger partial charge in [-0.25, -0.2) is 4.39 Å². The van der Waals surface area contributed by atoms with Crippen LogP contribution in [0.15, 0.2) is 24.3 Å². The van der Waals surface area contributed by atoms with Gasteiger partial charge in [0.05, 0.1) is 28.4 Å². The lowest BCUT2D eigenvalue weighted by Crippen LogP contribution is -2.44. The predicted octanol–water partition coefficient (Wildman–Crippen LogP) is 2.65. The van der Waals surface area contributed by atoms with Crippen LogP contribution in [0.25, 0.3) is 11.1 Å². The Morgan fingerprint density at radius 1 is 0.862 bits per heavy atom. The highest BCUT2D eigenvalue weighted by Gasteiger charge is 2.50. The average Bonchev–Trinajstić information content (AvgIpc) is 2.86. The fraction of sp³-hybridized carbons (Fsp3) is 0.333. The maximum absolute atomic E-state index is 14.2. The molecule has 29 heavy (non-hydrogen) atoms. The number of methoxy groups -OCH3 is 4. The average molecular weight is 404 g/mol. The number of carbonyl (C=O) groups is 2. The molecule has 0 bridgehead atoms. The number of esters is 2. The van der Waals surface area contributed by atoms with E-state index in [2.05, 4.69) is 0 Å². The standard InChI is InChI=1S/C21H21FO7/c1-26-17-6-12-10-21(19(24)28-3,20(25)29-4)9-11-5-15(22)16(23)7-13(11)14(12)8-18(17)27-2/h5-8,23H,9-10H2,1-4H3. The summed E-state index contributed by atoms with van der Waals surface area (Å²) in [5, 5.41) is 9.95. The molecule has 0 fully saturated rings. The third kappa shape index (κ3) is 3.24. The summed E-state index contributed by atoms with van der Waals surface area (Å²) in [4.78, 5) is 25.5. The summed E-state index contributed by atoms with van der Waals surface area (Å²) in [6.45, 7) is 0. The quantitative estimate of drug-likeness (QED) is 0.619. The molecule has 2 aromatic rings. The maximum Gasteiger partial charge on any atom is 0.323 e. The molecule has 0 atom stereocenters. The van der Waals surface area contributed by atoms with Crippen LogP contribution in [0.1, 0.15) is 11.1 Å². The number of benzene rings is 2. The van der Waals surface area contributed by atoms with Gasteiger partial charge in [0.2, 0.25) is 0 Å². The molecule has 0 saturated heterocycles. The second-order valence-corrected chi connectivity index (χ2v) is 6.74. The van der Waals surface area contributed by atoms with E-state index in [4.69, 9.17) is 18.9 Å². The van der Waals surface area contributed by atoms with Crippen LogP contribution in [0.2, 0.25) is 0 Å². The molecule has 2 aromatic carbocycles. The highest BCUT2D eigenvalue weighted by molar-refractivity contribution is 6.01. The lowest BCUT2D eigenvalue weighted by atomic mass is 9.77. The van der Waals surface area contributed by atoms with Crippen LogP contribution in [0.3, 0.4) is 0 Å². The molecule has 154 valence electrons. The van der Waals surface area contributed by atoms with E-state index in [1.165, 1.54) is 34.5 Å². The number of halogens is 1. The molecule has 0 unspecified atom stereocenters. The summed E-state index contributed by atoms with van der Waals surface area (Å²) in [6.07, 6.45) is -0.239. The van der Waals surface area contributed by atoms with E-state index in [0.717, 1.165) is 6.07 Å². The van der Waals surface area contributed by atoms with Crippen molar-refractivity contribution in [3.63, 3.8) is 0 Å². The van der Waals surface area contributed by atoms with Crippen molar-refractivity contribution in [1.82, 2.24) is 0 Å². The van der Waals surface area contributed by atoms with Crippen LogP contribution in [-0.4, -0.2) is 45.5 Å². The van der Waals surface area contributed by atoms with Crippen LogP contribution >= 0.6 is 0 Å². The molecule has 0 aliphatic heterocycles. The van der Waals surface area contributed by atoms with Gasteiger partial charge in [0.15, 0.2) is 28.5 Å². The lowest BCUT2D eigenvalue weighted by Gasteiger charge is -2.27. The first-order valence-corrected chi connectivity index (χ1v) is 8.74. The molecule has 3 rings (SSSR count). The first-order chi connectivity index (χ1) is 13.8. The minimum absolute atomic E-state index is 0.0703. The molecule has 0 spiro atoms. The van der Waals surface area contributed by atoms with Crippen LogP contribution in [-0.2, 0) is 31.9 Å². The summed E-state index contributed by atoms with van der Waals surface area (Å²) in [5.41, 5.74) is 0.217. The first-order valence-electron chi connectivity index (χ1n) is 8.74. The van der Waals surface area contributed by atoms with Crippen molar-refractivity contribution < 1.29 is 38.0 Å². The van der Waals surface area contributed by atoms with Crippen molar-refractivity contribution in [3.05, 3.63) is 41.2 Å². The Balaban J connectivity index is 2.39. The Morgan fingerprint density at radius 2 is 1.34 bits per heavy atom. The van der Waals surface area contributed by atoms with Crippen molar-refractivity contribution in [1.29, 1.82) is 0 Å². The van der Waals surface area contributed by atoms with Crippen molar-refractivity contribution in [2.24, 2.45) is 5.41 Å². The summed E-state index contributed by atoms with van der Waals surface area (Å²) in [5.74, 6) is -2.21. The van der Waals surface area contributed by atoms with E-state index in [1.54, 1.807) is 12.1 Å². The fourth-order valence-electron chi connectivity index (χ4n) is 3.79. The van der Waals surface area contributed by atoms with Crippen LogP contribution in [0, 0.1) is 11.2 Å². The van der Waals surface area contributed by atoms with Crippen molar-refractivity contribution in [2.75, 3.05) is 28.4 Å². The predicted molar refractivity (Wildman–Crippen MR) is 100 cm³/mol. The molecular weight excluding hydrogens is 383 g/mol. The third-order valence-corrected chi connectivity index (χ3v) is 5.21. The zero-order chi connectivity index (χ0) is 21.3. The number of carbonyl (C=O) groups excluding carboxylic acids is 2. The van der Waals surface area contributed by atoms with Crippen LogP contribution in [0.5, 0.6) is 17.2 Å². The number of rotatable bonds is 4. The van der Waals surface area contributed by atoms with Crippen molar-refractivity contribution >= 4 is 11.9 Å². The van der Waals surface area contributed by atoms with E-state index in [-0.39, 0.29) is 12.8 Å². The van der Waals surface area contributed by atoms with Gasteiger partial charge in [0.25, 0.3) is 0 Å². The second kappa shape index (κ2) is 7.62. The number of phenolic OH excluding ortho intramolecular Hbond substituents is 1. The number of hydrogen-bond donors (Lipinski definition) is 1. The Kier molecular flexibility index (Phi) is 5.37. The van der Waals surface area contributed by atoms with Gasteiger partial charge in [-0.15, -0.1) is 0 Å². The minimum atomic E-state index is -1.73. The van der Waals surface area contributed by atoms with Gasteiger partial charge in [0, 0.05) is 12.8 Å². The van der Waals surface area contributed by atoms with Crippen molar-refractivity contribution in [2.45, 2.75) is 12.8 Å². The Morgan fingerprint density at radius 3 is 1.86 bits per heavy atom. The highest BCUT2D eigenvalue weighted by Crippen LogP contribution is 2.46. The number of aromatic hydroxyl groups is 1. The van der Waals surface area contributed by atoms with E-state index >= 15 is 0 Å². The smallest absolute Gasteiger partial charge is 0.323 e. The number of ether oxygens (including phenoxy) is 4. The summed E-state index contributed by atoms with van der Waals surface area (Å²) in [7, 11) is 5.28. The molecule has 0 radical (unpaired) electrons. The van der Waals surface area contributed by atoms with Gasteiger partial charge in [-0.2, -0.15) is 0 Å². The van der Waals surface area contributed by atoms with Gasteiger partial charge in [-0.05, 0) is 46.5 Å². The summed E-state index contributed by atoms with van der Waals surface area (Å²) >= 11 is 0. The summed E-state index contributed by atoms with van der Waals surface area (Å²) < 4.78 is 34.7. The zero-order valence-corrected chi connectivity index (χ0v) is 16.5. The van der Waals surface area contributed by atoms with E-state index in [1.807, 2.05) is 0 Å². The largest absolute Gasteiger partial charge is 0.505 e. The van der Waals surface area contributed by atoms with Crippen LogP contribution in [0.4, 0.5) is 4.39 Å². The minimum Gasteiger partial charge on any atom is -0.505 e. The van der Waals surface area contributed by atoms with E-state index < -0.39 is 28.9 Å². The molecule has 8 heteroatoms. The second-order valence-electron chi connectivity index (χ2n) is 6.74. The number of phenols is 1. The van der Waals surface area contributed by atoms with E-state index in [9.17, 15) is 19.1 Å². The van der Waals surface area contributed by atoms with Gasteiger partial charge in [0.1, 0.15) is 0 Å². The first kappa shape index (κ1) is 20.4. The molecule has 0 amide bonds. The van der Waals surface area contributed by atoms with Gasteiger partial charge >= 0.3 is 11.9 Å². The number of hydrogen-bond acceptors (Lipinski definition) is 7. The molecule has 0 heterocycles. The third-order valence-electron chi connectivity index (χ3n) is 5.21. The molecule has 0 aromatic heterocycles. The molecular formula is C21H21FO7. The Hall–Kier alpha value is -3.29. The lowest BCUT2D eigenvalue weighted by molar-refractivity contribution is -0.169. The molecule has 1 aliphatic carbocycles. The van der Waals surface area contributed by atoms with Crippen LogP contribution < -0.4 is 9.47 Å². The highest BCUT2D eigenvalue weighted by atomic mass is 19.1. The maximum atomic E-state index is 14.2. The van der Waals surface area contributed by atoms with Gasteiger partial charge in [-0.1, -0.05) is 0 Å². The molecule has 1 aliphatic rings. The van der Waals surface area contributed by atoms with E-state index in [0.29, 0.717) is 33.8 Å².